The van der Waals surface area contributed by atoms with Crippen molar-refractivity contribution in [2.45, 2.75) is 70.2 Å². The van der Waals surface area contributed by atoms with Gasteiger partial charge in [-0.1, -0.05) is 11.5 Å². The van der Waals surface area contributed by atoms with Gasteiger partial charge in [-0.05, 0) is 60.6 Å². The minimum Gasteiger partial charge on any atom is -0.456 e. The van der Waals surface area contributed by atoms with Crippen molar-refractivity contribution in [3.8, 4) is 0 Å². The summed E-state index contributed by atoms with van der Waals surface area (Å²) in [5.74, 6) is -0.706. The van der Waals surface area contributed by atoms with Crippen LogP contribution in [-0.2, 0) is 19.2 Å². The van der Waals surface area contributed by atoms with Crippen molar-refractivity contribution in [2.24, 2.45) is 0 Å². The zero-order valence-electron chi connectivity index (χ0n) is 16.7. The molecule has 0 aliphatic rings. The zero-order chi connectivity index (χ0) is 20.6. The zero-order valence-corrected chi connectivity index (χ0v) is 17.5. The summed E-state index contributed by atoms with van der Waals surface area (Å²) in [4.78, 5) is 12.2. The van der Waals surface area contributed by atoms with Gasteiger partial charge in [0.15, 0.2) is 9.84 Å². The number of sulfone groups is 1. The number of carbonyl (C=O) groups excluding carboxylic acids is 1. The van der Waals surface area contributed by atoms with Crippen LogP contribution in [0.2, 0.25) is 0 Å². The summed E-state index contributed by atoms with van der Waals surface area (Å²) in [5.41, 5.74) is -2.32. The smallest absolute Gasteiger partial charge is 0.339 e. The number of carbonyl (C=O) groups is 1. The van der Waals surface area contributed by atoms with Crippen LogP contribution < -0.4 is 5.46 Å². The molecule has 0 aliphatic heterocycles. The average Bonchev–Trinajstić information content (AvgIpc) is 2.41. The SMILES string of the molecule is CC(C)(C)OC(=O)c1ccc([B]OC(C)(C)C(C)(C)O)cc1S(C)(=O)=O. The number of hydrogen-bond donors (Lipinski definition) is 1. The number of rotatable bonds is 6. The molecular weight excluding hydrogens is 355 g/mol. The summed E-state index contributed by atoms with van der Waals surface area (Å²) >= 11 is 0. The second-order valence-electron chi connectivity index (χ2n) is 8.33. The Hall–Kier alpha value is -1.38. The summed E-state index contributed by atoms with van der Waals surface area (Å²) in [6, 6.07) is 4.32. The maximum atomic E-state index is 12.3. The van der Waals surface area contributed by atoms with Crippen LogP contribution in [0.3, 0.4) is 0 Å². The molecule has 0 aromatic heterocycles. The van der Waals surface area contributed by atoms with Gasteiger partial charge in [0.2, 0.25) is 0 Å². The average molecular weight is 383 g/mol. The van der Waals surface area contributed by atoms with Crippen LogP contribution in [0.5, 0.6) is 0 Å². The Morgan fingerprint density at radius 1 is 1.08 bits per heavy atom. The molecule has 1 aromatic carbocycles. The predicted octanol–water partition coefficient (Wildman–Crippen LogP) is 1.86. The first kappa shape index (κ1) is 22.7. The molecule has 0 saturated heterocycles. The first-order chi connectivity index (χ1) is 11.4. The van der Waals surface area contributed by atoms with Gasteiger partial charge in [0, 0.05) is 6.26 Å². The molecule has 8 heteroatoms. The van der Waals surface area contributed by atoms with Gasteiger partial charge in [-0.2, -0.15) is 0 Å². The van der Waals surface area contributed by atoms with E-state index in [0.29, 0.717) is 5.46 Å². The van der Waals surface area contributed by atoms with Crippen LogP contribution >= 0.6 is 0 Å². The van der Waals surface area contributed by atoms with Crippen LogP contribution in [0.15, 0.2) is 23.1 Å². The quantitative estimate of drug-likeness (QED) is 0.596. The predicted molar refractivity (Wildman–Crippen MR) is 102 cm³/mol. The summed E-state index contributed by atoms with van der Waals surface area (Å²) in [5, 5.41) is 10.1. The minimum atomic E-state index is -3.66. The highest BCUT2D eigenvalue weighted by Gasteiger charge is 2.36. The molecule has 0 amide bonds. The van der Waals surface area contributed by atoms with Gasteiger partial charge in [0.05, 0.1) is 21.7 Å². The Bertz CT molecular complexity index is 770. The topological polar surface area (TPSA) is 89.9 Å². The molecule has 1 rings (SSSR count). The second kappa shape index (κ2) is 7.33. The highest BCUT2D eigenvalue weighted by atomic mass is 32.2. The lowest BCUT2D eigenvalue weighted by molar-refractivity contribution is -0.0893. The highest BCUT2D eigenvalue weighted by Crippen LogP contribution is 2.24. The van der Waals surface area contributed by atoms with Crippen molar-refractivity contribution >= 4 is 28.8 Å². The van der Waals surface area contributed by atoms with Gasteiger partial charge in [-0.3, -0.25) is 0 Å². The van der Waals surface area contributed by atoms with Crippen molar-refractivity contribution in [3.05, 3.63) is 23.8 Å². The Balaban J connectivity index is 3.20. The molecule has 0 unspecified atom stereocenters. The van der Waals surface area contributed by atoms with Crippen LogP contribution in [0.4, 0.5) is 0 Å². The lowest BCUT2D eigenvalue weighted by Crippen LogP contribution is -2.49. The van der Waals surface area contributed by atoms with Gasteiger partial charge in [0.25, 0.3) is 0 Å². The van der Waals surface area contributed by atoms with Gasteiger partial charge < -0.3 is 14.5 Å². The normalized spacial score (nSPS) is 13.4. The largest absolute Gasteiger partial charge is 0.456 e. The van der Waals surface area contributed by atoms with E-state index in [1.807, 2.05) is 0 Å². The summed E-state index contributed by atoms with van der Waals surface area (Å²) in [7, 11) is -2.30. The molecule has 0 saturated carbocycles. The highest BCUT2D eigenvalue weighted by molar-refractivity contribution is 7.90. The Morgan fingerprint density at radius 3 is 2.04 bits per heavy atom. The number of benzene rings is 1. The molecule has 0 spiro atoms. The maximum Gasteiger partial charge on any atom is 0.339 e. The van der Waals surface area contributed by atoms with E-state index in [2.05, 4.69) is 0 Å². The monoisotopic (exact) mass is 383 g/mol. The fraction of sp³-hybridized carbons (Fsp3) is 0.611. The molecule has 0 bridgehead atoms. The van der Waals surface area contributed by atoms with Crippen molar-refractivity contribution < 1.29 is 27.7 Å². The van der Waals surface area contributed by atoms with Crippen LogP contribution in [0.25, 0.3) is 0 Å². The molecule has 0 atom stereocenters. The fourth-order valence-corrected chi connectivity index (χ4v) is 2.68. The Morgan fingerprint density at radius 2 is 1.62 bits per heavy atom. The molecule has 6 nitrogen and oxygen atoms in total. The number of aliphatic hydroxyl groups is 1. The Kier molecular flexibility index (Phi) is 6.39. The molecule has 1 radical (unpaired) electrons. The molecule has 1 N–H and O–H groups in total. The number of esters is 1. The van der Waals surface area contributed by atoms with E-state index in [1.165, 1.54) is 19.6 Å². The molecular formula is C18H28BO6S. The van der Waals surface area contributed by atoms with E-state index in [4.69, 9.17) is 9.39 Å². The molecule has 0 heterocycles. The third kappa shape index (κ3) is 6.11. The fourth-order valence-electron chi connectivity index (χ4n) is 1.78. The van der Waals surface area contributed by atoms with E-state index in [0.717, 1.165) is 6.26 Å². The first-order valence-corrected chi connectivity index (χ1v) is 10.1. The van der Waals surface area contributed by atoms with Crippen molar-refractivity contribution in [1.29, 1.82) is 0 Å². The van der Waals surface area contributed by atoms with E-state index in [1.54, 1.807) is 54.5 Å². The van der Waals surface area contributed by atoms with Crippen molar-refractivity contribution in [1.82, 2.24) is 0 Å². The van der Waals surface area contributed by atoms with Gasteiger partial charge >= 0.3 is 13.5 Å². The van der Waals surface area contributed by atoms with E-state index >= 15 is 0 Å². The van der Waals surface area contributed by atoms with Crippen LogP contribution in [-0.4, -0.2) is 50.0 Å². The minimum absolute atomic E-state index is 0.0266. The second-order valence-corrected chi connectivity index (χ2v) is 10.3. The van der Waals surface area contributed by atoms with Gasteiger partial charge in [-0.15, -0.1) is 0 Å². The van der Waals surface area contributed by atoms with Gasteiger partial charge in [-0.25, -0.2) is 13.2 Å². The summed E-state index contributed by atoms with van der Waals surface area (Å²) in [6.45, 7) is 11.8. The van der Waals surface area contributed by atoms with Crippen LogP contribution in [0.1, 0.15) is 58.8 Å². The third-order valence-electron chi connectivity index (χ3n) is 3.99. The van der Waals surface area contributed by atoms with Crippen molar-refractivity contribution in [2.75, 3.05) is 6.26 Å². The molecule has 0 aliphatic carbocycles. The molecule has 145 valence electrons. The number of ether oxygens (including phenoxy) is 1. The Labute approximate surface area is 157 Å². The molecule has 26 heavy (non-hydrogen) atoms. The standard InChI is InChI=1S/C18H28BO6S/c1-16(2,3)24-15(20)13-10-9-12(11-14(13)26(8,22)23)19-25-18(6,7)17(4,5)21/h9-11,21H,1-8H3. The van der Waals surface area contributed by atoms with E-state index in [-0.39, 0.29) is 10.5 Å². The third-order valence-corrected chi connectivity index (χ3v) is 5.12. The summed E-state index contributed by atoms with van der Waals surface area (Å²) < 4.78 is 35.2. The van der Waals surface area contributed by atoms with E-state index < -0.39 is 32.6 Å². The molecule has 0 fully saturated rings. The lowest BCUT2D eigenvalue weighted by atomic mass is 9.82. The maximum absolute atomic E-state index is 12.3. The van der Waals surface area contributed by atoms with E-state index in [9.17, 15) is 18.3 Å². The lowest BCUT2D eigenvalue weighted by Gasteiger charge is -2.37. The van der Waals surface area contributed by atoms with Crippen LogP contribution in [0, 0.1) is 0 Å². The van der Waals surface area contributed by atoms with Gasteiger partial charge in [0.1, 0.15) is 5.60 Å². The molecule has 1 aromatic rings. The number of hydrogen-bond acceptors (Lipinski definition) is 6. The summed E-state index contributed by atoms with van der Waals surface area (Å²) in [6.07, 6.45) is 1.03. The first-order valence-electron chi connectivity index (χ1n) is 8.25. The van der Waals surface area contributed by atoms with Crippen molar-refractivity contribution in [3.63, 3.8) is 0 Å².